The lowest BCUT2D eigenvalue weighted by Gasteiger charge is -2.31. The highest BCUT2D eigenvalue weighted by molar-refractivity contribution is 6.15. The van der Waals surface area contributed by atoms with Crippen LogP contribution in [0.5, 0.6) is 0 Å². The quantitative estimate of drug-likeness (QED) is 0.176. The molecule has 1 spiro atoms. The van der Waals surface area contributed by atoms with E-state index in [1.165, 1.54) is 92.0 Å². The van der Waals surface area contributed by atoms with Crippen LogP contribution >= 0.6 is 0 Å². The molecule has 11 rings (SSSR count). The number of benzene rings is 8. The first-order valence-electron chi connectivity index (χ1n) is 18.2. The van der Waals surface area contributed by atoms with Gasteiger partial charge in [0.25, 0.3) is 0 Å². The highest BCUT2D eigenvalue weighted by atomic mass is 16.3. The highest BCUT2D eigenvalue weighted by Crippen LogP contribution is 2.58. The number of fused-ring (bicyclic) bond motifs is 11. The van der Waals surface area contributed by atoms with E-state index in [-0.39, 0.29) is 5.41 Å². The molecule has 2 nitrogen and oxygen atoms in total. The second-order valence-corrected chi connectivity index (χ2v) is 14.4. The van der Waals surface area contributed by atoms with Gasteiger partial charge in [0.1, 0.15) is 11.2 Å². The predicted molar refractivity (Wildman–Crippen MR) is 214 cm³/mol. The largest absolute Gasteiger partial charge is 0.456 e. The molecule has 1 fully saturated rings. The lowest BCUT2D eigenvalue weighted by Crippen LogP contribution is -2.21. The smallest absolute Gasteiger partial charge is 0.137 e. The minimum absolute atomic E-state index is 0.0191. The van der Waals surface area contributed by atoms with Crippen LogP contribution in [0.1, 0.15) is 36.8 Å². The summed E-state index contributed by atoms with van der Waals surface area (Å²) in [6.07, 6.45) is 4.86. The lowest BCUT2D eigenvalue weighted by atomic mass is 9.76. The molecular formula is C49H35NO. The van der Waals surface area contributed by atoms with Crippen LogP contribution in [0, 0.1) is 0 Å². The molecule has 242 valence electrons. The monoisotopic (exact) mass is 653 g/mol. The third kappa shape index (κ3) is 4.23. The number of rotatable bonds is 4. The molecule has 0 atom stereocenters. The van der Waals surface area contributed by atoms with Gasteiger partial charge in [0, 0.05) is 39.0 Å². The molecule has 2 heteroatoms. The number of para-hydroxylation sites is 1. The number of nitrogens with zero attached hydrogens (tertiary/aromatic N) is 1. The Morgan fingerprint density at radius 3 is 1.90 bits per heavy atom. The Morgan fingerprint density at radius 2 is 1.06 bits per heavy atom. The summed E-state index contributed by atoms with van der Waals surface area (Å²) in [7, 11) is 0. The van der Waals surface area contributed by atoms with Crippen molar-refractivity contribution < 1.29 is 4.42 Å². The Morgan fingerprint density at radius 1 is 0.431 bits per heavy atom. The normalized spacial score (nSPS) is 14.5. The fourth-order valence-electron chi connectivity index (χ4n) is 9.45. The predicted octanol–water partition coefficient (Wildman–Crippen LogP) is 13.9. The van der Waals surface area contributed by atoms with E-state index in [4.69, 9.17) is 4.42 Å². The molecule has 8 aromatic carbocycles. The van der Waals surface area contributed by atoms with E-state index in [0.29, 0.717) is 0 Å². The van der Waals surface area contributed by atoms with Crippen LogP contribution in [0.3, 0.4) is 0 Å². The zero-order valence-corrected chi connectivity index (χ0v) is 28.3. The molecule has 0 radical (unpaired) electrons. The zero-order chi connectivity index (χ0) is 33.5. The maximum atomic E-state index is 6.49. The molecule has 0 unspecified atom stereocenters. The van der Waals surface area contributed by atoms with Crippen molar-refractivity contribution in [2.45, 2.75) is 31.1 Å². The molecule has 0 amide bonds. The maximum absolute atomic E-state index is 6.49. The maximum Gasteiger partial charge on any atom is 0.137 e. The van der Waals surface area contributed by atoms with Crippen LogP contribution in [-0.2, 0) is 5.41 Å². The Labute approximate surface area is 297 Å². The molecule has 0 bridgehead atoms. The molecule has 2 aliphatic carbocycles. The summed E-state index contributed by atoms with van der Waals surface area (Å²) in [5.41, 5.74) is 13.6. The van der Waals surface area contributed by atoms with Crippen molar-refractivity contribution in [2.24, 2.45) is 0 Å². The third-order valence-corrected chi connectivity index (χ3v) is 11.8. The lowest BCUT2D eigenvalue weighted by molar-refractivity contribution is 0.550. The molecular weight excluding hydrogens is 619 g/mol. The summed E-state index contributed by atoms with van der Waals surface area (Å²) in [6, 6.07) is 60.4. The first-order chi connectivity index (χ1) is 25.2. The number of hydrogen-bond acceptors (Lipinski definition) is 2. The Balaban J connectivity index is 1.16. The van der Waals surface area contributed by atoms with Gasteiger partial charge in [-0.3, -0.25) is 0 Å². The standard InChI is InChI=1S/C49H35NO/c1-2-12-32(13-3-1)33-20-23-39-40-24-21-35(30-45(40)49(44(39)28-33)26-10-11-27-49)50(36-22-25-43-42-18-8-9-19-47(42)51-48(43)31-36)46-29-34-14-4-5-15-37(34)38-16-6-7-17-41(38)46/h1-9,12-25,28-31H,10-11,26-27H2. The van der Waals surface area contributed by atoms with Gasteiger partial charge in [0.2, 0.25) is 0 Å². The van der Waals surface area contributed by atoms with Gasteiger partial charge in [-0.25, -0.2) is 0 Å². The van der Waals surface area contributed by atoms with E-state index in [0.717, 1.165) is 27.6 Å². The van der Waals surface area contributed by atoms with Gasteiger partial charge < -0.3 is 9.32 Å². The van der Waals surface area contributed by atoms with Crippen molar-refractivity contribution in [1.82, 2.24) is 0 Å². The van der Waals surface area contributed by atoms with Crippen LogP contribution in [0.15, 0.2) is 168 Å². The van der Waals surface area contributed by atoms with Crippen molar-refractivity contribution in [3.05, 3.63) is 175 Å². The molecule has 0 N–H and O–H groups in total. The van der Waals surface area contributed by atoms with E-state index < -0.39 is 0 Å². The summed E-state index contributed by atoms with van der Waals surface area (Å²) in [6.45, 7) is 0. The highest BCUT2D eigenvalue weighted by Gasteiger charge is 2.45. The van der Waals surface area contributed by atoms with Crippen LogP contribution in [-0.4, -0.2) is 0 Å². The van der Waals surface area contributed by atoms with Crippen LogP contribution in [0.2, 0.25) is 0 Å². The van der Waals surface area contributed by atoms with Crippen molar-refractivity contribution in [3.63, 3.8) is 0 Å². The molecule has 2 aliphatic rings. The first-order valence-corrected chi connectivity index (χ1v) is 18.2. The second-order valence-electron chi connectivity index (χ2n) is 14.4. The van der Waals surface area contributed by atoms with E-state index in [2.05, 4.69) is 163 Å². The molecule has 1 saturated carbocycles. The Hall–Kier alpha value is -6.12. The molecule has 1 heterocycles. The third-order valence-electron chi connectivity index (χ3n) is 11.8. The van der Waals surface area contributed by atoms with Crippen LogP contribution < -0.4 is 4.90 Å². The topological polar surface area (TPSA) is 16.4 Å². The number of anilines is 3. The minimum atomic E-state index is 0.0191. The van der Waals surface area contributed by atoms with E-state index in [1.54, 1.807) is 0 Å². The molecule has 0 saturated heterocycles. The van der Waals surface area contributed by atoms with E-state index in [9.17, 15) is 0 Å². The average molecular weight is 654 g/mol. The summed E-state index contributed by atoms with van der Waals surface area (Å²) < 4.78 is 6.49. The second kappa shape index (κ2) is 10.9. The summed E-state index contributed by atoms with van der Waals surface area (Å²) in [5, 5.41) is 7.28. The van der Waals surface area contributed by atoms with Gasteiger partial charge in [-0.15, -0.1) is 0 Å². The average Bonchev–Trinajstić information content (AvgIpc) is 3.90. The van der Waals surface area contributed by atoms with Crippen molar-refractivity contribution in [3.8, 4) is 22.3 Å². The zero-order valence-electron chi connectivity index (χ0n) is 28.3. The van der Waals surface area contributed by atoms with Gasteiger partial charge in [-0.1, -0.05) is 128 Å². The molecule has 0 aliphatic heterocycles. The summed E-state index contributed by atoms with van der Waals surface area (Å²) in [5.74, 6) is 0. The fraction of sp³-hybridized carbons (Fsp3) is 0.102. The van der Waals surface area contributed by atoms with E-state index >= 15 is 0 Å². The number of hydrogen-bond donors (Lipinski definition) is 0. The van der Waals surface area contributed by atoms with E-state index in [1.807, 2.05) is 6.07 Å². The van der Waals surface area contributed by atoms with Crippen molar-refractivity contribution in [1.29, 1.82) is 0 Å². The summed E-state index contributed by atoms with van der Waals surface area (Å²) >= 11 is 0. The molecule has 51 heavy (non-hydrogen) atoms. The molecule has 1 aromatic heterocycles. The van der Waals surface area contributed by atoms with Gasteiger partial charge in [-0.05, 0) is 105 Å². The van der Waals surface area contributed by atoms with Crippen LogP contribution in [0.25, 0.3) is 65.7 Å². The van der Waals surface area contributed by atoms with Crippen molar-refractivity contribution in [2.75, 3.05) is 4.90 Å². The van der Waals surface area contributed by atoms with Crippen molar-refractivity contribution >= 4 is 60.5 Å². The van der Waals surface area contributed by atoms with Gasteiger partial charge in [0.05, 0.1) is 5.69 Å². The van der Waals surface area contributed by atoms with Gasteiger partial charge in [-0.2, -0.15) is 0 Å². The SMILES string of the molecule is c1ccc(-c2ccc3c(c2)C2(CCCC2)c2cc(N(c4ccc5c(c4)oc4ccccc45)c4cc5ccccc5c5ccccc45)ccc2-3)cc1. The first kappa shape index (κ1) is 28.7. The number of furan rings is 1. The Kier molecular flexibility index (Phi) is 6.15. The fourth-order valence-corrected chi connectivity index (χ4v) is 9.45. The summed E-state index contributed by atoms with van der Waals surface area (Å²) in [4.78, 5) is 2.47. The minimum Gasteiger partial charge on any atom is -0.456 e. The van der Waals surface area contributed by atoms with Gasteiger partial charge in [0.15, 0.2) is 0 Å². The molecule has 9 aromatic rings. The Bertz CT molecular complexity index is 2820. The van der Waals surface area contributed by atoms with Crippen LogP contribution in [0.4, 0.5) is 17.1 Å². The van der Waals surface area contributed by atoms with Gasteiger partial charge >= 0.3 is 0 Å².